The summed E-state index contributed by atoms with van der Waals surface area (Å²) >= 11 is 3.32. The van der Waals surface area contributed by atoms with Crippen molar-refractivity contribution in [3.05, 3.63) is 28.5 Å². The highest BCUT2D eigenvalue weighted by atomic mass is 79.9. The van der Waals surface area contributed by atoms with Gasteiger partial charge < -0.3 is 4.90 Å². The first-order valence-corrected chi connectivity index (χ1v) is 6.26. The number of halogens is 1. The summed E-state index contributed by atoms with van der Waals surface area (Å²) in [6, 6.07) is 2.14. The van der Waals surface area contributed by atoms with Crippen LogP contribution in [0.25, 0.3) is 0 Å². The van der Waals surface area contributed by atoms with Crippen LogP contribution in [0.4, 0.5) is 0 Å². The molecule has 3 nitrogen and oxygen atoms in total. The van der Waals surface area contributed by atoms with Gasteiger partial charge in [-0.1, -0.05) is 0 Å². The van der Waals surface area contributed by atoms with Gasteiger partial charge in [-0.2, -0.15) is 0 Å². The minimum atomic E-state index is 0.0493. The number of nitrogens with zero attached hydrogens (tertiary/aromatic N) is 2. The number of rotatable bonds is 3. The largest absolute Gasteiger partial charge is 0.339 e. The fraction of sp³-hybridized carbons (Fsp3) is 0.500. The van der Waals surface area contributed by atoms with E-state index in [1.54, 1.807) is 12.4 Å². The van der Waals surface area contributed by atoms with Crippen LogP contribution in [0.3, 0.4) is 0 Å². The second-order valence-electron chi connectivity index (χ2n) is 4.39. The van der Waals surface area contributed by atoms with Crippen molar-refractivity contribution in [3.8, 4) is 0 Å². The number of carbonyl (C=O) groups excluding carboxylic acids is 1. The van der Waals surface area contributed by atoms with E-state index in [1.807, 2.05) is 18.0 Å². The molecule has 86 valence electrons. The predicted molar refractivity (Wildman–Crippen MR) is 66.2 cm³/mol. The minimum absolute atomic E-state index is 0.0493. The molecule has 0 bridgehead atoms. The Labute approximate surface area is 104 Å². The number of hydrogen-bond acceptors (Lipinski definition) is 2. The Morgan fingerprint density at radius 3 is 2.81 bits per heavy atom. The fourth-order valence-corrected chi connectivity index (χ4v) is 2.18. The fourth-order valence-electron chi connectivity index (χ4n) is 1.81. The molecule has 0 aliphatic heterocycles. The molecule has 1 unspecified atom stereocenters. The minimum Gasteiger partial charge on any atom is -0.339 e. The summed E-state index contributed by atoms with van der Waals surface area (Å²) in [5.41, 5.74) is 0.643. The third kappa shape index (κ3) is 2.43. The van der Waals surface area contributed by atoms with Gasteiger partial charge in [-0.25, -0.2) is 0 Å². The maximum absolute atomic E-state index is 12.1. The van der Waals surface area contributed by atoms with Crippen LogP contribution in [0.15, 0.2) is 22.9 Å². The lowest BCUT2D eigenvalue weighted by Crippen LogP contribution is -2.36. The number of hydrogen-bond donors (Lipinski definition) is 0. The molecule has 1 aliphatic rings. The van der Waals surface area contributed by atoms with E-state index in [0.29, 0.717) is 17.5 Å². The predicted octanol–water partition coefficient (Wildman–Crippen LogP) is 2.71. The molecule has 1 aliphatic carbocycles. The van der Waals surface area contributed by atoms with Gasteiger partial charge in [0.25, 0.3) is 5.91 Å². The lowest BCUT2D eigenvalue weighted by molar-refractivity contribution is 0.0727. The molecule has 4 heteroatoms. The molecule has 1 atom stereocenters. The summed E-state index contributed by atoms with van der Waals surface area (Å²) in [6.07, 6.45) is 5.79. The highest BCUT2D eigenvalue weighted by molar-refractivity contribution is 9.10. The molecule has 1 saturated carbocycles. The van der Waals surface area contributed by atoms with Crippen LogP contribution in [0.1, 0.15) is 30.1 Å². The van der Waals surface area contributed by atoms with Crippen LogP contribution in [0.5, 0.6) is 0 Å². The first-order chi connectivity index (χ1) is 7.59. The van der Waals surface area contributed by atoms with Crippen LogP contribution in [0.2, 0.25) is 0 Å². The maximum atomic E-state index is 12.1. The molecule has 2 rings (SSSR count). The molecule has 16 heavy (non-hydrogen) atoms. The third-order valence-corrected chi connectivity index (χ3v) is 3.62. The second-order valence-corrected chi connectivity index (χ2v) is 5.30. The second kappa shape index (κ2) is 4.53. The van der Waals surface area contributed by atoms with E-state index in [-0.39, 0.29) is 5.91 Å². The zero-order valence-electron chi connectivity index (χ0n) is 9.48. The summed E-state index contributed by atoms with van der Waals surface area (Å²) in [4.78, 5) is 18.0. The Balaban J connectivity index is 2.11. The van der Waals surface area contributed by atoms with Crippen LogP contribution in [-0.2, 0) is 0 Å². The van der Waals surface area contributed by atoms with Crippen LogP contribution in [-0.4, -0.2) is 28.9 Å². The topological polar surface area (TPSA) is 33.2 Å². The molecule has 1 fully saturated rings. The van der Waals surface area contributed by atoms with Crippen molar-refractivity contribution in [1.82, 2.24) is 9.88 Å². The third-order valence-electron chi connectivity index (χ3n) is 3.19. The molecule has 0 radical (unpaired) electrons. The lowest BCUT2D eigenvalue weighted by atomic mass is 10.1. The van der Waals surface area contributed by atoms with E-state index < -0.39 is 0 Å². The summed E-state index contributed by atoms with van der Waals surface area (Å²) in [6.45, 7) is 2.11. The molecule has 0 spiro atoms. The van der Waals surface area contributed by atoms with Crippen molar-refractivity contribution in [2.45, 2.75) is 25.8 Å². The van der Waals surface area contributed by atoms with E-state index >= 15 is 0 Å². The SMILES string of the molecule is CC(C1CC1)N(C)C(=O)c1cncc(Br)c1. The van der Waals surface area contributed by atoms with E-state index in [9.17, 15) is 4.79 Å². The molecule has 1 heterocycles. The zero-order valence-corrected chi connectivity index (χ0v) is 11.1. The van der Waals surface area contributed by atoms with Crippen molar-refractivity contribution in [1.29, 1.82) is 0 Å². The van der Waals surface area contributed by atoms with Gasteiger partial charge in [0, 0.05) is 30.0 Å². The van der Waals surface area contributed by atoms with Crippen LogP contribution >= 0.6 is 15.9 Å². The Morgan fingerprint density at radius 2 is 2.25 bits per heavy atom. The highest BCUT2D eigenvalue weighted by Gasteiger charge is 2.32. The van der Waals surface area contributed by atoms with E-state index in [2.05, 4.69) is 27.8 Å². The number of pyridine rings is 1. The van der Waals surface area contributed by atoms with Gasteiger partial charge in [0.1, 0.15) is 0 Å². The van der Waals surface area contributed by atoms with Gasteiger partial charge in [0.2, 0.25) is 0 Å². The molecule has 1 aromatic heterocycles. The Hall–Kier alpha value is -0.900. The molecule has 0 aromatic carbocycles. The van der Waals surface area contributed by atoms with Crippen LogP contribution in [0, 0.1) is 5.92 Å². The van der Waals surface area contributed by atoms with Crippen molar-refractivity contribution < 1.29 is 4.79 Å². The molecule has 0 saturated heterocycles. The Morgan fingerprint density at radius 1 is 1.56 bits per heavy atom. The number of amides is 1. The Bertz CT molecular complexity index is 404. The summed E-state index contributed by atoms with van der Waals surface area (Å²) < 4.78 is 0.839. The lowest BCUT2D eigenvalue weighted by Gasteiger charge is -2.24. The maximum Gasteiger partial charge on any atom is 0.255 e. The quantitative estimate of drug-likeness (QED) is 0.854. The first-order valence-electron chi connectivity index (χ1n) is 5.47. The van der Waals surface area contributed by atoms with E-state index in [4.69, 9.17) is 0 Å². The van der Waals surface area contributed by atoms with Crippen molar-refractivity contribution in [2.75, 3.05) is 7.05 Å². The molecular formula is C12H15BrN2O. The van der Waals surface area contributed by atoms with E-state index in [0.717, 1.165) is 4.47 Å². The van der Waals surface area contributed by atoms with Crippen molar-refractivity contribution in [2.24, 2.45) is 5.92 Å². The zero-order chi connectivity index (χ0) is 11.7. The Kier molecular flexibility index (Phi) is 3.28. The van der Waals surface area contributed by atoms with Gasteiger partial charge >= 0.3 is 0 Å². The van der Waals surface area contributed by atoms with Crippen LogP contribution < -0.4 is 0 Å². The molecule has 1 aromatic rings. The monoisotopic (exact) mass is 282 g/mol. The van der Waals surface area contributed by atoms with Gasteiger partial charge in [-0.3, -0.25) is 9.78 Å². The van der Waals surface area contributed by atoms with Crippen molar-refractivity contribution in [3.63, 3.8) is 0 Å². The van der Waals surface area contributed by atoms with Gasteiger partial charge in [-0.15, -0.1) is 0 Å². The van der Waals surface area contributed by atoms with Gasteiger partial charge in [0.05, 0.1) is 5.56 Å². The number of aromatic nitrogens is 1. The summed E-state index contributed by atoms with van der Waals surface area (Å²) in [7, 11) is 1.87. The average molecular weight is 283 g/mol. The molecule has 1 amide bonds. The van der Waals surface area contributed by atoms with Gasteiger partial charge in [0.15, 0.2) is 0 Å². The highest BCUT2D eigenvalue weighted by Crippen LogP contribution is 2.35. The van der Waals surface area contributed by atoms with E-state index in [1.165, 1.54) is 12.8 Å². The molecule has 0 N–H and O–H groups in total. The molecular weight excluding hydrogens is 268 g/mol. The smallest absolute Gasteiger partial charge is 0.255 e. The average Bonchev–Trinajstić information content (AvgIpc) is 3.10. The summed E-state index contributed by atoms with van der Waals surface area (Å²) in [5.74, 6) is 0.738. The normalized spacial score (nSPS) is 16.9. The number of carbonyl (C=O) groups is 1. The first kappa shape index (κ1) is 11.6. The van der Waals surface area contributed by atoms with Crippen molar-refractivity contribution >= 4 is 21.8 Å². The summed E-state index contributed by atoms with van der Waals surface area (Å²) in [5, 5.41) is 0. The standard InChI is InChI=1S/C12H15BrN2O/c1-8(9-3-4-9)15(2)12(16)10-5-11(13)7-14-6-10/h5-9H,3-4H2,1-2H3. The van der Waals surface area contributed by atoms with Gasteiger partial charge in [-0.05, 0) is 47.7 Å².